The van der Waals surface area contributed by atoms with E-state index in [1.54, 1.807) is 12.1 Å². The Balaban J connectivity index is 2.65. The van der Waals surface area contributed by atoms with E-state index in [0.717, 1.165) is 5.56 Å². The molecule has 1 rings (SSSR count). The number of hydrogen-bond acceptors (Lipinski definition) is 3. The number of carbonyl (C=O) groups excluding carboxylic acids is 2. The van der Waals surface area contributed by atoms with Gasteiger partial charge in [-0.25, -0.2) is 4.79 Å². The predicted octanol–water partition coefficient (Wildman–Crippen LogP) is 2.06. The first-order chi connectivity index (χ1) is 8.28. The summed E-state index contributed by atoms with van der Waals surface area (Å²) in [5.41, 5.74) is 6.06. The molecule has 0 bridgehead atoms. The van der Waals surface area contributed by atoms with Crippen molar-refractivity contribution in [3.63, 3.8) is 0 Å². The number of nitrogens with two attached hydrogens (primary N) is 1. The summed E-state index contributed by atoms with van der Waals surface area (Å²) in [6.45, 7) is 5.48. The Morgan fingerprint density at radius 1 is 1.17 bits per heavy atom. The first-order valence-electron chi connectivity index (χ1n) is 5.88. The standard InChI is InChI=1S/C14H19NO3/c1-14(2,3)18-13(17)11-7-4-10(5-8-11)6-9-12(15)16/h4-5,7-8H,6,9H2,1-3H3,(H2,15,16). The maximum atomic E-state index is 11.7. The van der Waals surface area contributed by atoms with E-state index in [0.29, 0.717) is 18.4 Å². The maximum Gasteiger partial charge on any atom is 0.338 e. The molecule has 1 aromatic carbocycles. The van der Waals surface area contributed by atoms with Crippen molar-refractivity contribution >= 4 is 11.9 Å². The molecule has 0 atom stereocenters. The van der Waals surface area contributed by atoms with Gasteiger partial charge in [0, 0.05) is 6.42 Å². The van der Waals surface area contributed by atoms with Crippen LogP contribution in [-0.4, -0.2) is 17.5 Å². The van der Waals surface area contributed by atoms with Crippen molar-refractivity contribution in [3.8, 4) is 0 Å². The van der Waals surface area contributed by atoms with E-state index in [2.05, 4.69) is 0 Å². The molecule has 1 amide bonds. The number of aryl methyl sites for hydroxylation is 1. The summed E-state index contributed by atoms with van der Waals surface area (Å²) in [5.74, 6) is -0.671. The van der Waals surface area contributed by atoms with Crippen LogP contribution in [0.4, 0.5) is 0 Å². The molecule has 4 heteroatoms. The maximum absolute atomic E-state index is 11.7. The molecule has 0 unspecified atom stereocenters. The van der Waals surface area contributed by atoms with E-state index in [-0.39, 0.29) is 11.9 Å². The van der Waals surface area contributed by atoms with Crippen LogP contribution < -0.4 is 5.73 Å². The highest BCUT2D eigenvalue weighted by atomic mass is 16.6. The summed E-state index contributed by atoms with van der Waals surface area (Å²) < 4.78 is 5.25. The molecule has 0 heterocycles. The molecule has 0 aliphatic rings. The fraction of sp³-hybridized carbons (Fsp3) is 0.429. The smallest absolute Gasteiger partial charge is 0.338 e. The zero-order valence-corrected chi connectivity index (χ0v) is 11.0. The van der Waals surface area contributed by atoms with Gasteiger partial charge in [-0.2, -0.15) is 0 Å². The van der Waals surface area contributed by atoms with Crippen LogP contribution in [0.5, 0.6) is 0 Å². The number of primary amides is 1. The second-order valence-corrected chi connectivity index (χ2v) is 5.17. The predicted molar refractivity (Wildman–Crippen MR) is 69.1 cm³/mol. The Kier molecular flexibility index (Phi) is 4.48. The lowest BCUT2D eigenvalue weighted by atomic mass is 10.1. The normalized spacial score (nSPS) is 11.1. The highest BCUT2D eigenvalue weighted by Crippen LogP contribution is 2.13. The van der Waals surface area contributed by atoms with Crippen LogP contribution in [0.1, 0.15) is 43.1 Å². The summed E-state index contributed by atoms with van der Waals surface area (Å²) in [5, 5.41) is 0. The molecule has 0 aliphatic carbocycles. The SMILES string of the molecule is CC(C)(C)OC(=O)c1ccc(CCC(N)=O)cc1. The number of ether oxygens (including phenoxy) is 1. The third-order valence-electron chi connectivity index (χ3n) is 2.25. The Morgan fingerprint density at radius 2 is 1.72 bits per heavy atom. The van der Waals surface area contributed by atoms with Crippen LogP contribution in [0, 0.1) is 0 Å². The third-order valence-corrected chi connectivity index (χ3v) is 2.25. The monoisotopic (exact) mass is 249 g/mol. The number of carbonyl (C=O) groups is 2. The summed E-state index contributed by atoms with van der Waals surface area (Å²) in [7, 11) is 0. The van der Waals surface area contributed by atoms with Crippen LogP contribution in [-0.2, 0) is 16.0 Å². The van der Waals surface area contributed by atoms with Gasteiger partial charge in [0.2, 0.25) is 5.91 Å². The molecule has 0 saturated heterocycles. The van der Waals surface area contributed by atoms with Crippen LogP contribution in [0.2, 0.25) is 0 Å². The van der Waals surface area contributed by atoms with Crippen LogP contribution in [0.3, 0.4) is 0 Å². The van der Waals surface area contributed by atoms with Gasteiger partial charge in [0.1, 0.15) is 5.60 Å². The van der Waals surface area contributed by atoms with Crippen LogP contribution in [0.25, 0.3) is 0 Å². The molecular formula is C14H19NO3. The van der Waals surface area contributed by atoms with E-state index in [1.807, 2.05) is 32.9 Å². The number of rotatable bonds is 4. The number of esters is 1. The average molecular weight is 249 g/mol. The summed E-state index contributed by atoms with van der Waals surface area (Å²) >= 11 is 0. The highest BCUT2D eigenvalue weighted by Gasteiger charge is 2.17. The van der Waals surface area contributed by atoms with Gasteiger partial charge in [0.05, 0.1) is 5.56 Å². The van der Waals surface area contributed by atoms with E-state index >= 15 is 0 Å². The second-order valence-electron chi connectivity index (χ2n) is 5.17. The van der Waals surface area contributed by atoms with Gasteiger partial charge in [-0.15, -0.1) is 0 Å². The molecule has 0 aromatic heterocycles. The van der Waals surface area contributed by atoms with Crippen molar-refractivity contribution in [2.24, 2.45) is 5.73 Å². The van der Waals surface area contributed by atoms with Gasteiger partial charge in [-0.1, -0.05) is 12.1 Å². The first kappa shape index (κ1) is 14.2. The van der Waals surface area contributed by atoms with E-state index in [9.17, 15) is 9.59 Å². The lowest BCUT2D eigenvalue weighted by Gasteiger charge is -2.19. The summed E-state index contributed by atoms with van der Waals surface area (Å²) in [6.07, 6.45) is 0.899. The topological polar surface area (TPSA) is 69.4 Å². The zero-order valence-electron chi connectivity index (χ0n) is 11.0. The summed E-state index contributed by atoms with van der Waals surface area (Å²) in [4.78, 5) is 22.4. The van der Waals surface area contributed by atoms with Gasteiger partial charge in [-0.3, -0.25) is 4.79 Å². The van der Waals surface area contributed by atoms with E-state index in [1.165, 1.54) is 0 Å². The summed E-state index contributed by atoms with van der Waals surface area (Å²) in [6, 6.07) is 7.01. The molecule has 1 aromatic rings. The first-order valence-corrected chi connectivity index (χ1v) is 5.88. The highest BCUT2D eigenvalue weighted by molar-refractivity contribution is 5.89. The molecule has 2 N–H and O–H groups in total. The number of amides is 1. The number of benzene rings is 1. The van der Waals surface area contributed by atoms with Gasteiger partial charge in [-0.05, 0) is 44.9 Å². The van der Waals surface area contributed by atoms with Crippen molar-refractivity contribution in [2.45, 2.75) is 39.2 Å². The van der Waals surface area contributed by atoms with Crippen molar-refractivity contribution in [1.29, 1.82) is 0 Å². The molecule has 0 spiro atoms. The Morgan fingerprint density at radius 3 is 2.17 bits per heavy atom. The fourth-order valence-electron chi connectivity index (χ4n) is 1.41. The molecular weight excluding hydrogens is 230 g/mol. The molecule has 98 valence electrons. The van der Waals surface area contributed by atoms with Gasteiger partial charge >= 0.3 is 5.97 Å². The van der Waals surface area contributed by atoms with Crippen molar-refractivity contribution in [2.75, 3.05) is 0 Å². The molecule has 0 saturated carbocycles. The Hall–Kier alpha value is -1.84. The average Bonchev–Trinajstić information content (AvgIpc) is 2.24. The van der Waals surface area contributed by atoms with Gasteiger partial charge < -0.3 is 10.5 Å². The zero-order chi connectivity index (χ0) is 13.8. The van der Waals surface area contributed by atoms with Crippen LogP contribution >= 0.6 is 0 Å². The molecule has 0 aliphatic heterocycles. The Labute approximate surface area is 107 Å². The minimum absolute atomic E-state index is 0.311. The lowest BCUT2D eigenvalue weighted by molar-refractivity contribution is -0.118. The molecule has 0 fully saturated rings. The number of hydrogen-bond donors (Lipinski definition) is 1. The third kappa shape index (κ3) is 4.99. The minimum atomic E-state index is -0.498. The van der Waals surface area contributed by atoms with Crippen LogP contribution in [0.15, 0.2) is 24.3 Å². The van der Waals surface area contributed by atoms with E-state index < -0.39 is 5.60 Å². The minimum Gasteiger partial charge on any atom is -0.456 e. The quantitative estimate of drug-likeness (QED) is 0.830. The molecule has 4 nitrogen and oxygen atoms in total. The van der Waals surface area contributed by atoms with Crippen molar-refractivity contribution in [3.05, 3.63) is 35.4 Å². The second kappa shape index (κ2) is 5.67. The lowest BCUT2D eigenvalue weighted by Crippen LogP contribution is -2.23. The molecule has 18 heavy (non-hydrogen) atoms. The van der Waals surface area contributed by atoms with Gasteiger partial charge in [0.15, 0.2) is 0 Å². The van der Waals surface area contributed by atoms with Crippen molar-refractivity contribution < 1.29 is 14.3 Å². The molecule has 0 radical (unpaired) electrons. The van der Waals surface area contributed by atoms with E-state index in [4.69, 9.17) is 10.5 Å². The Bertz CT molecular complexity index is 429. The van der Waals surface area contributed by atoms with Gasteiger partial charge in [0.25, 0.3) is 0 Å². The fourth-order valence-corrected chi connectivity index (χ4v) is 1.41. The largest absolute Gasteiger partial charge is 0.456 e. The van der Waals surface area contributed by atoms with Crippen molar-refractivity contribution in [1.82, 2.24) is 0 Å².